The van der Waals surface area contributed by atoms with Crippen LogP contribution in [0.15, 0.2) is 52.3 Å². The van der Waals surface area contributed by atoms with E-state index in [0.717, 1.165) is 15.4 Å². The monoisotopic (exact) mass is 264 g/mol. The molecule has 0 heterocycles. The number of benzene rings is 2. The Morgan fingerprint density at radius 3 is 2.65 bits per heavy atom. The molecule has 2 aromatic rings. The maximum absolute atomic E-state index is 9.30. The second-order valence-corrected chi connectivity index (χ2v) is 5.30. The zero-order valence-corrected chi connectivity index (χ0v) is 11.1. The Bertz CT molecular complexity index is 525. The lowest BCUT2D eigenvalue weighted by atomic mass is 10.2. The summed E-state index contributed by atoms with van der Waals surface area (Å²) >= 11 is 7.75. The van der Waals surface area contributed by atoms with E-state index in [2.05, 4.69) is 19.1 Å². The van der Waals surface area contributed by atoms with Crippen molar-refractivity contribution in [3.8, 4) is 0 Å². The Labute approximate surface area is 110 Å². The molecule has 2 rings (SSSR count). The summed E-state index contributed by atoms with van der Waals surface area (Å²) in [5.41, 5.74) is 2.08. The van der Waals surface area contributed by atoms with Crippen LogP contribution in [0.4, 0.5) is 0 Å². The summed E-state index contributed by atoms with van der Waals surface area (Å²) in [7, 11) is 0. The van der Waals surface area contributed by atoms with Crippen molar-refractivity contribution in [2.45, 2.75) is 23.3 Å². The fourth-order valence-electron chi connectivity index (χ4n) is 1.59. The Morgan fingerprint density at radius 1 is 1.18 bits per heavy atom. The minimum atomic E-state index is 0.00864. The second-order valence-electron chi connectivity index (χ2n) is 3.80. The van der Waals surface area contributed by atoms with Crippen LogP contribution in [0, 0.1) is 6.92 Å². The van der Waals surface area contributed by atoms with Crippen molar-refractivity contribution >= 4 is 23.4 Å². The molecule has 0 aliphatic rings. The lowest BCUT2D eigenvalue weighted by Crippen LogP contribution is -1.88. The highest BCUT2D eigenvalue weighted by Gasteiger charge is 2.08. The molecule has 0 unspecified atom stereocenters. The molecular weight excluding hydrogens is 252 g/mol. The van der Waals surface area contributed by atoms with Crippen LogP contribution in [0.2, 0.25) is 5.02 Å². The van der Waals surface area contributed by atoms with Crippen molar-refractivity contribution in [3.63, 3.8) is 0 Å². The quantitative estimate of drug-likeness (QED) is 0.892. The minimum Gasteiger partial charge on any atom is -0.392 e. The highest BCUT2D eigenvalue weighted by atomic mass is 35.5. The Hall–Kier alpha value is -0.960. The van der Waals surface area contributed by atoms with Gasteiger partial charge in [-0.05, 0) is 30.7 Å². The van der Waals surface area contributed by atoms with Gasteiger partial charge in [-0.2, -0.15) is 0 Å². The third-order valence-electron chi connectivity index (χ3n) is 2.43. The number of hydrogen-bond donors (Lipinski definition) is 1. The normalized spacial score (nSPS) is 10.5. The van der Waals surface area contributed by atoms with Gasteiger partial charge in [-0.1, -0.05) is 53.2 Å². The van der Waals surface area contributed by atoms with Gasteiger partial charge in [0.25, 0.3) is 0 Å². The van der Waals surface area contributed by atoms with Gasteiger partial charge in [-0.15, -0.1) is 0 Å². The van der Waals surface area contributed by atoms with Crippen molar-refractivity contribution in [3.05, 3.63) is 58.6 Å². The number of hydrogen-bond acceptors (Lipinski definition) is 2. The molecule has 1 nitrogen and oxygen atoms in total. The number of halogens is 1. The first-order valence-corrected chi connectivity index (χ1v) is 6.53. The molecule has 88 valence electrons. The van der Waals surface area contributed by atoms with Gasteiger partial charge in [0.2, 0.25) is 0 Å². The molecule has 0 radical (unpaired) electrons. The fraction of sp³-hybridized carbons (Fsp3) is 0.143. The molecule has 0 aliphatic heterocycles. The van der Waals surface area contributed by atoms with Crippen LogP contribution >= 0.6 is 23.4 Å². The largest absolute Gasteiger partial charge is 0.392 e. The number of aryl methyl sites for hydroxylation is 1. The number of rotatable bonds is 3. The predicted octanol–water partition coefficient (Wildman–Crippen LogP) is 4.29. The number of aliphatic hydroxyl groups excluding tert-OH is 1. The van der Waals surface area contributed by atoms with Gasteiger partial charge in [0.05, 0.1) is 11.6 Å². The third-order valence-corrected chi connectivity index (χ3v) is 4.03. The maximum atomic E-state index is 9.30. The van der Waals surface area contributed by atoms with Gasteiger partial charge in [-0.25, -0.2) is 0 Å². The molecule has 0 bridgehead atoms. The molecule has 2 aromatic carbocycles. The summed E-state index contributed by atoms with van der Waals surface area (Å²) in [4.78, 5) is 2.06. The second kappa shape index (κ2) is 5.58. The summed E-state index contributed by atoms with van der Waals surface area (Å²) in [5, 5.41) is 9.99. The SMILES string of the molecule is Cc1cccc(Sc2c(Cl)cccc2CO)c1. The first kappa shape index (κ1) is 12.5. The molecule has 0 atom stereocenters. The van der Waals surface area contributed by atoms with E-state index in [1.54, 1.807) is 11.8 Å². The first-order valence-electron chi connectivity index (χ1n) is 5.33. The number of aliphatic hydroxyl groups is 1. The molecule has 1 N–H and O–H groups in total. The van der Waals surface area contributed by atoms with Crippen LogP contribution in [0.3, 0.4) is 0 Å². The molecule has 17 heavy (non-hydrogen) atoms. The van der Waals surface area contributed by atoms with E-state index in [1.807, 2.05) is 30.3 Å². The van der Waals surface area contributed by atoms with Crippen LogP contribution in [0.5, 0.6) is 0 Å². The van der Waals surface area contributed by atoms with Crippen LogP contribution in [-0.2, 0) is 6.61 Å². The van der Waals surface area contributed by atoms with E-state index in [-0.39, 0.29) is 6.61 Å². The first-order chi connectivity index (χ1) is 8.20. The molecule has 0 saturated heterocycles. The van der Waals surface area contributed by atoms with Gasteiger partial charge >= 0.3 is 0 Å². The summed E-state index contributed by atoms with van der Waals surface area (Å²) in [6.45, 7) is 2.07. The van der Waals surface area contributed by atoms with Crippen molar-refractivity contribution in [2.24, 2.45) is 0 Å². The van der Waals surface area contributed by atoms with Gasteiger partial charge in [-0.3, -0.25) is 0 Å². The lowest BCUT2D eigenvalue weighted by Gasteiger charge is -2.09. The van der Waals surface area contributed by atoms with Crippen molar-refractivity contribution in [2.75, 3.05) is 0 Å². The average molecular weight is 265 g/mol. The fourth-order valence-corrected chi connectivity index (χ4v) is 2.96. The van der Waals surface area contributed by atoms with Crippen molar-refractivity contribution in [1.82, 2.24) is 0 Å². The smallest absolute Gasteiger partial charge is 0.0693 e. The summed E-state index contributed by atoms with van der Waals surface area (Å²) in [5.74, 6) is 0. The molecule has 0 saturated carbocycles. The molecule has 0 aliphatic carbocycles. The summed E-state index contributed by atoms with van der Waals surface area (Å²) in [6, 6.07) is 13.8. The maximum Gasteiger partial charge on any atom is 0.0693 e. The van der Waals surface area contributed by atoms with E-state index < -0.39 is 0 Å². The topological polar surface area (TPSA) is 20.2 Å². The van der Waals surface area contributed by atoms with Crippen molar-refractivity contribution in [1.29, 1.82) is 0 Å². The molecule has 0 fully saturated rings. The van der Waals surface area contributed by atoms with E-state index >= 15 is 0 Å². The van der Waals surface area contributed by atoms with E-state index in [4.69, 9.17) is 11.6 Å². The Balaban J connectivity index is 2.35. The van der Waals surface area contributed by atoms with Crippen molar-refractivity contribution < 1.29 is 5.11 Å². The minimum absolute atomic E-state index is 0.00864. The Kier molecular flexibility index (Phi) is 4.11. The highest BCUT2D eigenvalue weighted by molar-refractivity contribution is 7.99. The van der Waals surface area contributed by atoms with E-state index in [1.165, 1.54) is 5.56 Å². The van der Waals surface area contributed by atoms with Crippen LogP contribution < -0.4 is 0 Å². The lowest BCUT2D eigenvalue weighted by molar-refractivity contribution is 0.279. The molecular formula is C14H13ClOS. The Morgan fingerprint density at radius 2 is 1.94 bits per heavy atom. The average Bonchev–Trinajstić information content (AvgIpc) is 2.32. The van der Waals surface area contributed by atoms with Crippen LogP contribution in [0.25, 0.3) is 0 Å². The zero-order valence-electron chi connectivity index (χ0n) is 9.48. The van der Waals surface area contributed by atoms with E-state index in [0.29, 0.717) is 5.02 Å². The summed E-state index contributed by atoms with van der Waals surface area (Å²) < 4.78 is 0. The van der Waals surface area contributed by atoms with E-state index in [9.17, 15) is 5.11 Å². The summed E-state index contributed by atoms with van der Waals surface area (Å²) in [6.07, 6.45) is 0. The highest BCUT2D eigenvalue weighted by Crippen LogP contribution is 2.36. The standard InChI is InChI=1S/C14H13ClOS/c1-10-4-2-6-12(8-10)17-14-11(9-16)5-3-7-13(14)15/h2-8,16H,9H2,1H3. The van der Waals surface area contributed by atoms with Gasteiger partial charge < -0.3 is 5.11 Å². The van der Waals surface area contributed by atoms with Gasteiger partial charge in [0.1, 0.15) is 0 Å². The van der Waals surface area contributed by atoms with Gasteiger partial charge in [0.15, 0.2) is 0 Å². The molecule has 0 amide bonds. The molecule has 3 heteroatoms. The molecule has 0 spiro atoms. The molecule has 0 aromatic heterocycles. The zero-order chi connectivity index (χ0) is 12.3. The van der Waals surface area contributed by atoms with Crippen LogP contribution in [-0.4, -0.2) is 5.11 Å². The van der Waals surface area contributed by atoms with Gasteiger partial charge in [0, 0.05) is 9.79 Å². The third kappa shape index (κ3) is 3.03. The van der Waals surface area contributed by atoms with Crippen LogP contribution in [0.1, 0.15) is 11.1 Å². The predicted molar refractivity (Wildman–Crippen MR) is 72.7 cm³/mol.